The van der Waals surface area contributed by atoms with Gasteiger partial charge in [0.05, 0.1) is 19.0 Å². The number of hydrogen-bond acceptors (Lipinski definition) is 6. The molecule has 1 saturated heterocycles. The fourth-order valence-electron chi connectivity index (χ4n) is 2.34. The second-order valence-electron chi connectivity index (χ2n) is 4.56. The maximum absolute atomic E-state index is 14.1. The number of methoxy groups -OCH3 is 1. The first-order chi connectivity index (χ1) is 9.60. The Morgan fingerprint density at radius 2 is 2.40 bits per heavy atom. The van der Waals surface area contributed by atoms with E-state index in [1.165, 1.54) is 10.9 Å². The Balaban J connectivity index is 1.98. The highest BCUT2D eigenvalue weighted by molar-refractivity contribution is 6.28. The van der Waals surface area contributed by atoms with Crippen LogP contribution in [0.15, 0.2) is 6.33 Å². The summed E-state index contributed by atoms with van der Waals surface area (Å²) in [6.07, 6.45) is -0.606. The molecule has 0 aromatic carbocycles. The Bertz CT molecular complexity index is 637. The maximum Gasteiger partial charge on any atom is 0.226 e. The van der Waals surface area contributed by atoms with Gasteiger partial charge in [0, 0.05) is 13.5 Å². The van der Waals surface area contributed by atoms with E-state index in [1.807, 2.05) is 0 Å². The largest absolute Gasteiger partial charge is 0.382 e. The molecule has 0 bridgehead atoms. The van der Waals surface area contributed by atoms with Gasteiger partial charge in [0.25, 0.3) is 0 Å². The zero-order chi connectivity index (χ0) is 14.3. The monoisotopic (exact) mass is 301 g/mol. The van der Waals surface area contributed by atoms with Gasteiger partial charge < -0.3 is 15.2 Å². The van der Waals surface area contributed by atoms with Crippen molar-refractivity contribution in [3.05, 3.63) is 11.6 Å². The van der Waals surface area contributed by atoms with Crippen LogP contribution in [0.5, 0.6) is 0 Å². The number of imidazole rings is 1. The quantitative estimate of drug-likeness (QED) is 0.861. The average molecular weight is 302 g/mol. The highest BCUT2D eigenvalue weighted by Crippen LogP contribution is 2.33. The summed E-state index contributed by atoms with van der Waals surface area (Å²) in [6, 6.07) is 0. The van der Waals surface area contributed by atoms with Crippen LogP contribution in [0.1, 0.15) is 12.6 Å². The molecule has 2 N–H and O–H groups in total. The van der Waals surface area contributed by atoms with E-state index >= 15 is 0 Å². The number of nitrogen functional groups attached to an aromatic ring is 1. The zero-order valence-corrected chi connectivity index (χ0v) is 11.4. The Hall–Kier alpha value is -1.51. The Kier molecular flexibility index (Phi) is 3.45. The van der Waals surface area contributed by atoms with E-state index in [0.29, 0.717) is 17.8 Å². The van der Waals surface area contributed by atoms with Crippen molar-refractivity contribution in [1.29, 1.82) is 0 Å². The molecule has 108 valence electrons. The van der Waals surface area contributed by atoms with Crippen molar-refractivity contribution in [3.63, 3.8) is 0 Å². The standard InChI is InChI=1S/C11H13ClFN5O2/c1-19-3-5-2-6(13)10(20-5)18-4-15-7-8(14)16-11(12)17-9(7)18/h4-6,10H,2-3H2,1H3,(H2,14,16,17)/t5-,6-,10?/m0/s1. The summed E-state index contributed by atoms with van der Waals surface area (Å²) in [5, 5.41) is -0.0152. The van der Waals surface area contributed by atoms with Gasteiger partial charge in [0.15, 0.2) is 17.7 Å². The number of ether oxygens (including phenoxy) is 2. The number of nitrogens with zero attached hydrogens (tertiary/aromatic N) is 4. The predicted octanol–water partition coefficient (Wildman–Crippen LogP) is 1.33. The summed E-state index contributed by atoms with van der Waals surface area (Å²) in [4.78, 5) is 11.9. The third kappa shape index (κ3) is 2.19. The van der Waals surface area contributed by atoms with Crippen LogP contribution in [-0.4, -0.2) is 45.5 Å². The molecule has 0 spiro atoms. The van der Waals surface area contributed by atoms with Crippen molar-refractivity contribution < 1.29 is 13.9 Å². The molecule has 3 heterocycles. The molecule has 20 heavy (non-hydrogen) atoms. The third-order valence-electron chi connectivity index (χ3n) is 3.18. The summed E-state index contributed by atoms with van der Waals surface area (Å²) in [5.74, 6) is 0.153. The molecule has 1 aliphatic rings. The van der Waals surface area contributed by atoms with Gasteiger partial charge >= 0.3 is 0 Å². The minimum Gasteiger partial charge on any atom is -0.382 e. The normalized spacial score (nSPS) is 26.4. The van der Waals surface area contributed by atoms with E-state index in [4.69, 9.17) is 26.8 Å². The molecule has 1 aliphatic heterocycles. The molecule has 9 heteroatoms. The lowest BCUT2D eigenvalue weighted by atomic mass is 10.2. The van der Waals surface area contributed by atoms with Gasteiger partial charge in [-0.2, -0.15) is 9.97 Å². The molecule has 0 amide bonds. The molecule has 0 radical (unpaired) electrons. The lowest BCUT2D eigenvalue weighted by Crippen LogP contribution is -2.17. The molecule has 3 rings (SSSR count). The SMILES string of the molecule is COC[C@@H]1C[C@H](F)C(n2cnc3c(N)nc(Cl)nc32)O1. The Labute approximate surface area is 118 Å². The van der Waals surface area contributed by atoms with Crippen molar-refractivity contribution in [2.45, 2.75) is 24.9 Å². The number of fused-ring (bicyclic) bond motifs is 1. The van der Waals surface area contributed by atoms with Gasteiger partial charge in [0.1, 0.15) is 11.7 Å². The van der Waals surface area contributed by atoms with Crippen LogP contribution in [0.25, 0.3) is 11.2 Å². The summed E-state index contributed by atoms with van der Waals surface area (Å²) in [7, 11) is 1.55. The van der Waals surface area contributed by atoms with Gasteiger partial charge in [-0.25, -0.2) is 9.37 Å². The van der Waals surface area contributed by atoms with Gasteiger partial charge in [-0.3, -0.25) is 4.57 Å². The number of halogens is 2. The first-order valence-electron chi connectivity index (χ1n) is 6.04. The Morgan fingerprint density at radius 3 is 3.15 bits per heavy atom. The van der Waals surface area contributed by atoms with Crippen molar-refractivity contribution in [2.75, 3.05) is 19.5 Å². The van der Waals surface area contributed by atoms with Gasteiger partial charge in [0.2, 0.25) is 5.28 Å². The molecule has 1 unspecified atom stereocenters. The van der Waals surface area contributed by atoms with Crippen LogP contribution in [0.4, 0.5) is 10.2 Å². The lowest BCUT2D eigenvalue weighted by Gasteiger charge is -2.15. The second kappa shape index (κ2) is 5.12. The predicted molar refractivity (Wildman–Crippen MR) is 70.0 cm³/mol. The van der Waals surface area contributed by atoms with Crippen LogP contribution in [0, 0.1) is 0 Å². The number of nitrogens with two attached hydrogens (primary N) is 1. The highest BCUT2D eigenvalue weighted by Gasteiger charge is 2.37. The second-order valence-corrected chi connectivity index (χ2v) is 4.90. The van der Waals surface area contributed by atoms with Crippen LogP contribution in [0.3, 0.4) is 0 Å². The first kappa shape index (κ1) is 13.5. The fraction of sp³-hybridized carbons (Fsp3) is 0.545. The number of aromatic nitrogens is 4. The van der Waals surface area contributed by atoms with Crippen molar-refractivity contribution in [2.24, 2.45) is 0 Å². The van der Waals surface area contributed by atoms with Crippen LogP contribution < -0.4 is 5.73 Å². The highest BCUT2D eigenvalue weighted by atomic mass is 35.5. The van der Waals surface area contributed by atoms with E-state index in [1.54, 1.807) is 7.11 Å². The molecule has 7 nitrogen and oxygen atoms in total. The van der Waals surface area contributed by atoms with Crippen LogP contribution in [0.2, 0.25) is 5.28 Å². The number of alkyl halides is 1. The number of hydrogen-bond donors (Lipinski definition) is 1. The summed E-state index contributed by atoms with van der Waals surface area (Å²) in [5.41, 5.74) is 6.44. The average Bonchev–Trinajstić information content (AvgIpc) is 2.93. The van der Waals surface area contributed by atoms with Gasteiger partial charge in [-0.15, -0.1) is 0 Å². The van der Waals surface area contributed by atoms with E-state index in [0.717, 1.165) is 0 Å². The van der Waals surface area contributed by atoms with Crippen molar-refractivity contribution in [3.8, 4) is 0 Å². The minimum absolute atomic E-state index is 0.0152. The molecular weight excluding hydrogens is 289 g/mol. The van der Waals surface area contributed by atoms with E-state index < -0.39 is 12.4 Å². The number of rotatable bonds is 3. The molecule has 0 aliphatic carbocycles. The molecule has 2 aromatic heterocycles. The van der Waals surface area contributed by atoms with Gasteiger partial charge in [-0.05, 0) is 11.6 Å². The van der Waals surface area contributed by atoms with Crippen LogP contribution in [-0.2, 0) is 9.47 Å². The lowest BCUT2D eigenvalue weighted by molar-refractivity contribution is -0.0423. The first-order valence-corrected chi connectivity index (χ1v) is 6.42. The Morgan fingerprint density at radius 1 is 1.60 bits per heavy atom. The summed E-state index contributed by atoms with van der Waals surface area (Å²) in [6.45, 7) is 0.335. The van der Waals surface area contributed by atoms with Crippen molar-refractivity contribution >= 4 is 28.6 Å². The van der Waals surface area contributed by atoms with E-state index in [2.05, 4.69) is 15.0 Å². The summed E-state index contributed by atoms with van der Waals surface area (Å²) >= 11 is 5.78. The van der Waals surface area contributed by atoms with Crippen molar-refractivity contribution in [1.82, 2.24) is 19.5 Å². The maximum atomic E-state index is 14.1. The topological polar surface area (TPSA) is 88.1 Å². The smallest absolute Gasteiger partial charge is 0.226 e. The van der Waals surface area contributed by atoms with E-state index in [-0.39, 0.29) is 23.6 Å². The number of anilines is 1. The zero-order valence-electron chi connectivity index (χ0n) is 10.7. The molecule has 1 fully saturated rings. The molecule has 0 saturated carbocycles. The van der Waals surface area contributed by atoms with Gasteiger partial charge in [-0.1, -0.05) is 0 Å². The van der Waals surface area contributed by atoms with E-state index in [9.17, 15) is 4.39 Å². The fourth-order valence-corrected chi connectivity index (χ4v) is 2.51. The summed E-state index contributed by atoms with van der Waals surface area (Å²) < 4.78 is 26.2. The molecular formula is C11H13ClFN5O2. The third-order valence-corrected chi connectivity index (χ3v) is 3.35. The molecule has 2 aromatic rings. The minimum atomic E-state index is -1.18. The van der Waals surface area contributed by atoms with Crippen LogP contribution >= 0.6 is 11.6 Å². The molecule has 3 atom stereocenters.